The van der Waals surface area contributed by atoms with E-state index < -0.39 is 12.6 Å². The van der Waals surface area contributed by atoms with E-state index >= 15 is 0 Å². The number of aliphatic carboxylic acids is 1. The second-order valence-corrected chi connectivity index (χ2v) is 7.30. The van der Waals surface area contributed by atoms with Crippen LogP contribution in [0.2, 0.25) is 0 Å². The molecule has 1 aromatic carbocycles. The molecular weight excluding hydrogens is 380 g/mol. The largest absolute Gasteiger partial charge is 0.493 e. The van der Waals surface area contributed by atoms with Crippen molar-refractivity contribution >= 4 is 35.3 Å². The number of rotatable bonds is 6. The Morgan fingerprint density at radius 3 is 2.64 bits per heavy atom. The van der Waals surface area contributed by atoms with Crippen molar-refractivity contribution in [3.8, 4) is 11.5 Å². The van der Waals surface area contributed by atoms with E-state index in [1.165, 1.54) is 13.5 Å². The van der Waals surface area contributed by atoms with Gasteiger partial charge in [0.25, 0.3) is 5.91 Å². The summed E-state index contributed by atoms with van der Waals surface area (Å²) in [4.78, 5) is 27.2. The molecule has 0 spiro atoms. The van der Waals surface area contributed by atoms with E-state index in [4.69, 9.17) is 26.8 Å². The zero-order chi connectivity index (χ0) is 20.3. The number of methoxy groups -OCH3 is 1. The summed E-state index contributed by atoms with van der Waals surface area (Å²) in [7, 11) is 3.28. The molecule has 2 aliphatic rings. The minimum atomic E-state index is -1.07. The van der Waals surface area contributed by atoms with E-state index in [9.17, 15) is 9.59 Å². The van der Waals surface area contributed by atoms with Gasteiger partial charge in [-0.1, -0.05) is 25.3 Å². The molecule has 1 saturated carbocycles. The maximum atomic E-state index is 13.0. The second kappa shape index (κ2) is 8.60. The number of amides is 1. The fourth-order valence-electron chi connectivity index (χ4n) is 3.63. The van der Waals surface area contributed by atoms with E-state index in [2.05, 4.69) is 0 Å². The Bertz CT molecular complexity index is 817. The molecule has 1 aliphatic carbocycles. The van der Waals surface area contributed by atoms with Gasteiger partial charge < -0.3 is 19.5 Å². The number of hydrogen-bond donors (Lipinski definition) is 1. The predicted octanol–water partition coefficient (Wildman–Crippen LogP) is 2.89. The van der Waals surface area contributed by atoms with Crippen LogP contribution in [0.3, 0.4) is 0 Å². The van der Waals surface area contributed by atoms with Gasteiger partial charge >= 0.3 is 5.97 Å². The molecular formula is C20H24N2O5S. The standard InChI is InChI=1S/C20H24N2O5S/c1-21-15(19(25)22(20(21)28)14-6-4-3-5-7-14)10-13-8-9-16(17(11-13)26-2)27-12-18(23)24/h8-11,14H,3-7,12H2,1-2H3,(H,23,24)/b15-10-. The summed E-state index contributed by atoms with van der Waals surface area (Å²) >= 11 is 5.53. The molecule has 1 heterocycles. The minimum absolute atomic E-state index is 0.0791. The van der Waals surface area contributed by atoms with Gasteiger partial charge in [-0.15, -0.1) is 0 Å². The first-order valence-corrected chi connectivity index (χ1v) is 9.68. The van der Waals surface area contributed by atoms with Gasteiger partial charge in [0.2, 0.25) is 0 Å². The minimum Gasteiger partial charge on any atom is -0.493 e. The Morgan fingerprint density at radius 2 is 2.00 bits per heavy atom. The number of likely N-dealkylation sites (N-methyl/N-ethyl adjacent to an activating group) is 1. The molecule has 0 atom stereocenters. The lowest BCUT2D eigenvalue weighted by molar-refractivity contribution is -0.139. The van der Waals surface area contributed by atoms with Crippen LogP contribution in [0, 0.1) is 0 Å². The van der Waals surface area contributed by atoms with Gasteiger partial charge in [-0.2, -0.15) is 0 Å². The van der Waals surface area contributed by atoms with Crippen molar-refractivity contribution in [3.05, 3.63) is 29.5 Å². The maximum absolute atomic E-state index is 13.0. The number of nitrogens with zero attached hydrogens (tertiary/aromatic N) is 2. The number of carboxylic acid groups (broad SMARTS) is 1. The van der Waals surface area contributed by atoms with Gasteiger partial charge in [-0.25, -0.2) is 4.79 Å². The van der Waals surface area contributed by atoms with Crippen LogP contribution in [-0.4, -0.2) is 58.7 Å². The molecule has 1 amide bonds. The first-order chi connectivity index (χ1) is 13.4. The van der Waals surface area contributed by atoms with Gasteiger partial charge in [-0.3, -0.25) is 9.69 Å². The number of hydrogen-bond acceptors (Lipinski definition) is 5. The molecule has 1 aliphatic heterocycles. The maximum Gasteiger partial charge on any atom is 0.341 e. The van der Waals surface area contributed by atoms with Gasteiger partial charge in [0.15, 0.2) is 23.2 Å². The summed E-state index contributed by atoms with van der Waals surface area (Å²) in [5, 5.41) is 9.30. The quantitative estimate of drug-likeness (QED) is 0.577. The normalized spacial score (nSPS) is 19.4. The zero-order valence-electron chi connectivity index (χ0n) is 16.0. The number of carbonyl (C=O) groups is 2. The Kier molecular flexibility index (Phi) is 6.18. The summed E-state index contributed by atoms with van der Waals surface area (Å²) < 4.78 is 10.5. The first kappa shape index (κ1) is 20.1. The van der Waals surface area contributed by atoms with Gasteiger partial charge in [0.05, 0.1) is 7.11 Å². The summed E-state index contributed by atoms with van der Waals surface area (Å²) in [6.45, 7) is -0.456. The van der Waals surface area contributed by atoms with Crippen molar-refractivity contribution in [1.29, 1.82) is 0 Å². The molecule has 1 aromatic rings. The van der Waals surface area contributed by atoms with E-state index in [0.717, 1.165) is 31.2 Å². The summed E-state index contributed by atoms with van der Waals surface area (Å²) in [5.74, 6) is -0.416. The fourth-order valence-corrected chi connectivity index (χ4v) is 3.96. The molecule has 1 N–H and O–H groups in total. The third kappa shape index (κ3) is 4.11. The smallest absolute Gasteiger partial charge is 0.341 e. The molecule has 0 bridgehead atoms. The SMILES string of the molecule is COc1cc(/C=C2/C(=O)N(C3CCCCC3)C(=S)N2C)ccc1OCC(=O)O. The highest BCUT2D eigenvalue weighted by molar-refractivity contribution is 7.80. The van der Waals surface area contributed by atoms with E-state index in [-0.39, 0.29) is 11.9 Å². The zero-order valence-corrected chi connectivity index (χ0v) is 16.8. The van der Waals surface area contributed by atoms with E-state index in [0.29, 0.717) is 22.3 Å². The topological polar surface area (TPSA) is 79.3 Å². The van der Waals surface area contributed by atoms with Crippen molar-refractivity contribution in [2.75, 3.05) is 20.8 Å². The van der Waals surface area contributed by atoms with Crippen molar-refractivity contribution in [2.45, 2.75) is 38.1 Å². The number of carbonyl (C=O) groups excluding carboxylic acids is 1. The Hall–Kier alpha value is -2.61. The van der Waals surface area contributed by atoms with E-state index in [1.807, 2.05) is 0 Å². The van der Waals surface area contributed by atoms with Crippen LogP contribution in [-0.2, 0) is 9.59 Å². The number of ether oxygens (including phenoxy) is 2. The summed E-state index contributed by atoms with van der Waals surface area (Å²) in [6.07, 6.45) is 7.18. The van der Waals surface area contributed by atoms with Crippen LogP contribution in [0.4, 0.5) is 0 Å². The van der Waals surface area contributed by atoms with Crippen molar-refractivity contribution in [2.24, 2.45) is 0 Å². The molecule has 150 valence electrons. The van der Waals surface area contributed by atoms with Gasteiger partial charge in [0.1, 0.15) is 5.70 Å². The molecule has 3 rings (SSSR count). The van der Waals surface area contributed by atoms with Crippen LogP contribution in [0.25, 0.3) is 6.08 Å². The van der Waals surface area contributed by atoms with Crippen LogP contribution in [0.1, 0.15) is 37.7 Å². The molecule has 28 heavy (non-hydrogen) atoms. The lowest BCUT2D eigenvalue weighted by Crippen LogP contribution is -2.41. The number of carboxylic acids is 1. The third-order valence-corrected chi connectivity index (χ3v) is 5.54. The monoisotopic (exact) mass is 404 g/mol. The molecule has 2 fully saturated rings. The Labute approximate surface area is 169 Å². The molecule has 8 heteroatoms. The van der Waals surface area contributed by atoms with Crippen LogP contribution < -0.4 is 9.47 Å². The summed E-state index contributed by atoms with van der Waals surface area (Å²) in [5.41, 5.74) is 1.25. The first-order valence-electron chi connectivity index (χ1n) is 9.28. The van der Waals surface area contributed by atoms with Crippen LogP contribution in [0.5, 0.6) is 11.5 Å². The molecule has 0 radical (unpaired) electrons. The van der Waals surface area contributed by atoms with Crippen LogP contribution >= 0.6 is 12.2 Å². The molecule has 7 nitrogen and oxygen atoms in total. The van der Waals surface area contributed by atoms with Crippen LogP contribution in [0.15, 0.2) is 23.9 Å². The average Bonchev–Trinajstić information content (AvgIpc) is 2.90. The molecule has 0 aromatic heterocycles. The number of benzene rings is 1. The van der Waals surface area contributed by atoms with Crippen molar-refractivity contribution in [3.63, 3.8) is 0 Å². The number of thiocarbonyl (C=S) groups is 1. The van der Waals surface area contributed by atoms with Gasteiger partial charge in [0, 0.05) is 13.1 Å². The second-order valence-electron chi connectivity index (χ2n) is 6.93. The molecule has 0 unspecified atom stereocenters. The lowest BCUT2D eigenvalue weighted by atomic mass is 9.94. The highest BCUT2D eigenvalue weighted by Gasteiger charge is 2.40. The average molecular weight is 404 g/mol. The van der Waals surface area contributed by atoms with Gasteiger partial charge in [-0.05, 0) is 48.8 Å². The van der Waals surface area contributed by atoms with E-state index in [1.54, 1.807) is 41.1 Å². The third-order valence-electron chi connectivity index (χ3n) is 5.07. The summed E-state index contributed by atoms with van der Waals surface area (Å²) in [6, 6.07) is 5.26. The highest BCUT2D eigenvalue weighted by Crippen LogP contribution is 2.32. The predicted molar refractivity (Wildman–Crippen MR) is 108 cm³/mol. The Balaban J connectivity index is 1.84. The fraction of sp³-hybridized carbons (Fsp3) is 0.450. The lowest BCUT2D eigenvalue weighted by Gasteiger charge is -2.30. The Morgan fingerprint density at radius 1 is 1.29 bits per heavy atom. The van der Waals surface area contributed by atoms with Crippen molar-refractivity contribution < 1.29 is 24.2 Å². The molecule has 1 saturated heterocycles. The highest BCUT2D eigenvalue weighted by atomic mass is 32.1. The van der Waals surface area contributed by atoms with Crippen molar-refractivity contribution in [1.82, 2.24) is 9.80 Å².